The Morgan fingerprint density at radius 1 is 1.11 bits per heavy atom. The van der Waals surface area contributed by atoms with Gasteiger partial charge in [0.05, 0.1) is 25.1 Å². The second kappa shape index (κ2) is 6.39. The van der Waals surface area contributed by atoms with Crippen molar-refractivity contribution in [1.82, 2.24) is 9.47 Å². The Balaban J connectivity index is 2.11. The van der Waals surface area contributed by atoms with Gasteiger partial charge in [0.1, 0.15) is 0 Å². The fraction of sp³-hybridized carbons (Fsp3) is 0.333. The van der Waals surface area contributed by atoms with Crippen LogP contribution in [0.5, 0.6) is 11.5 Å². The van der Waals surface area contributed by atoms with Crippen LogP contribution in [0.1, 0.15) is 22.3 Å². The predicted octanol–water partition coefficient (Wildman–Crippen LogP) is 0.432. The van der Waals surface area contributed by atoms with E-state index in [0.717, 1.165) is 39.8 Å². The number of methoxy groups -OCH3 is 2. The van der Waals surface area contributed by atoms with E-state index in [2.05, 4.69) is 9.47 Å². The molecule has 2 aromatic rings. The second-order valence-electron chi connectivity index (χ2n) is 7.08. The van der Waals surface area contributed by atoms with Gasteiger partial charge in [0.15, 0.2) is 11.5 Å². The topological polar surface area (TPSA) is 60.8 Å². The monoisotopic (exact) mass is 366 g/mol. The molecular formula is C21H22N2O4. The minimum absolute atomic E-state index is 0.162. The molecule has 0 radical (unpaired) electrons. The minimum atomic E-state index is -0.393. The zero-order valence-corrected chi connectivity index (χ0v) is 16.0. The summed E-state index contributed by atoms with van der Waals surface area (Å²) in [5, 5.41) is 3.77. The lowest BCUT2D eigenvalue weighted by Crippen LogP contribution is -2.33. The SMILES string of the molecule is COc1cc2c(cc1OC)=c1c(c3c(n1CCN(C)C)=CCC(=O)C3=O)C=2. The first-order valence-electron chi connectivity index (χ1n) is 8.89. The van der Waals surface area contributed by atoms with Crippen LogP contribution in [0.2, 0.25) is 0 Å². The molecule has 0 aliphatic heterocycles. The predicted molar refractivity (Wildman–Crippen MR) is 101 cm³/mol. The Hall–Kier alpha value is -2.86. The summed E-state index contributed by atoms with van der Waals surface area (Å²) in [6.45, 7) is 1.55. The maximum Gasteiger partial charge on any atom is 0.231 e. The molecule has 6 nitrogen and oxygen atoms in total. The van der Waals surface area contributed by atoms with Crippen molar-refractivity contribution in [3.63, 3.8) is 0 Å². The fourth-order valence-electron chi connectivity index (χ4n) is 3.87. The highest BCUT2D eigenvalue weighted by Crippen LogP contribution is 2.27. The van der Waals surface area contributed by atoms with Crippen LogP contribution in [-0.4, -0.2) is 55.9 Å². The highest BCUT2D eigenvalue weighted by atomic mass is 16.5. The lowest BCUT2D eigenvalue weighted by Gasteiger charge is -2.13. The number of Topliss-reactive ketones (excluding diaryl/α,β-unsaturated/α-hetero) is 2. The molecule has 0 bridgehead atoms. The maximum absolute atomic E-state index is 12.7. The van der Waals surface area contributed by atoms with E-state index in [4.69, 9.17) is 9.47 Å². The highest BCUT2D eigenvalue weighted by Gasteiger charge is 2.29. The van der Waals surface area contributed by atoms with Crippen molar-refractivity contribution >= 4 is 23.7 Å². The first kappa shape index (κ1) is 17.5. The van der Waals surface area contributed by atoms with Crippen LogP contribution in [0.4, 0.5) is 0 Å². The summed E-state index contributed by atoms with van der Waals surface area (Å²) >= 11 is 0. The molecule has 1 aromatic carbocycles. The summed E-state index contributed by atoms with van der Waals surface area (Å²) < 4.78 is 13.0. The molecule has 6 heteroatoms. The van der Waals surface area contributed by atoms with Gasteiger partial charge in [-0.3, -0.25) is 9.59 Å². The Bertz CT molecular complexity index is 1190. The standard InChI is InChI=1S/C21H22N2O4/c1-22(2)7-8-23-15-5-6-16(24)21(25)19(15)14-9-12-10-17(26-3)18(27-4)11-13(12)20(14)23/h5,9-11H,6-8H2,1-4H3. The van der Waals surface area contributed by atoms with Gasteiger partial charge in [0.25, 0.3) is 0 Å². The van der Waals surface area contributed by atoms with E-state index in [0.29, 0.717) is 17.1 Å². The first-order chi connectivity index (χ1) is 13.0. The van der Waals surface area contributed by atoms with Crippen LogP contribution in [0.3, 0.4) is 0 Å². The van der Waals surface area contributed by atoms with E-state index in [9.17, 15) is 9.59 Å². The number of hydrogen-bond donors (Lipinski definition) is 0. The van der Waals surface area contributed by atoms with Crippen molar-refractivity contribution in [1.29, 1.82) is 0 Å². The molecule has 140 valence electrons. The molecule has 0 saturated heterocycles. The van der Waals surface area contributed by atoms with Gasteiger partial charge in [-0.15, -0.1) is 0 Å². The maximum atomic E-state index is 12.7. The number of nitrogens with zero attached hydrogens (tertiary/aromatic N) is 2. The molecule has 27 heavy (non-hydrogen) atoms. The van der Waals surface area contributed by atoms with E-state index in [1.54, 1.807) is 14.2 Å². The number of ether oxygens (including phenoxy) is 2. The Morgan fingerprint density at radius 3 is 2.48 bits per heavy atom. The van der Waals surface area contributed by atoms with Gasteiger partial charge in [-0.1, -0.05) is 6.08 Å². The van der Waals surface area contributed by atoms with Crippen LogP contribution in [0.15, 0.2) is 12.1 Å². The summed E-state index contributed by atoms with van der Waals surface area (Å²) in [5.41, 5.74) is 1.34. The van der Waals surface area contributed by atoms with E-state index < -0.39 is 5.78 Å². The number of ketones is 2. The molecule has 1 heterocycles. The quantitative estimate of drug-likeness (QED) is 0.613. The lowest BCUT2D eigenvalue weighted by molar-refractivity contribution is -0.114. The fourth-order valence-corrected chi connectivity index (χ4v) is 3.87. The van der Waals surface area contributed by atoms with E-state index >= 15 is 0 Å². The summed E-state index contributed by atoms with van der Waals surface area (Å²) in [6.07, 6.45) is 4.01. The molecule has 2 aliphatic rings. The van der Waals surface area contributed by atoms with Crippen molar-refractivity contribution in [3.8, 4) is 11.5 Å². The van der Waals surface area contributed by atoms with Gasteiger partial charge >= 0.3 is 0 Å². The summed E-state index contributed by atoms with van der Waals surface area (Å²) in [6, 6.07) is 3.86. The first-order valence-corrected chi connectivity index (χ1v) is 8.89. The molecule has 0 fully saturated rings. The molecule has 1 aromatic heterocycles. The van der Waals surface area contributed by atoms with E-state index in [1.165, 1.54) is 0 Å². The Kier molecular flexibility index (Phi) is 4.15. The third kappa shape index (κ3) is 2.59. The number of hydrogen-bond acceptors (Lipinski definition) is 5. The van der Waals surface area contributed by atoms with E-state index in [1.807, 2.05) is 38.4 Å². The number of carbonyl (C=O) groups is 2. The largest absolute Gasteiger partial charge is 0.493 e. The van der Waals surface area contributed by atoms with Gasteiger partial charge in [0, 0.05) is 35.6 Å². The average Bonchev–Trinajstić information content (AvgIpc) is 3.15. The van der Waals surface area contributed by atoms with Crippen LogP contribution in [0, 0.1) is 10.6 Å². The summed E-state index contributed by atoms with van der Waals surface area (Å²) in [4.78, 5) is 26.8. The minimum Gasteiger partial charge on any atom is -0.493 e. The molecule has 2 aliphatic carbocycles. The van der Waals surface area contributed by atoms with Crippen molar-refractivity contribution in [2.24, 2.45) is 0 Å². The van der Waals surface area contributed by atoms with Crippen molar-refractivity contribution in [3.05, 3.63) is 44.4 Å². The summed E-state index contributed by atoms with van der Waals surface area (Å²) in [5.74, 6) is 0.535. The van der Waals surface area contributed by atoms with Gasteiger partial charge in [-0.05, 0) is 37.5 Å². The molecule has 0 unspecified atom stereocenters. The number of benzene rings is 1. The molecule has 0 saturated carbocycles. The normalized spacial score (nSPS) is 14.4. The number of likely N-dealkylation sites (N-methyl/N-ethyl adjacent to an activating group) is 1. The summed E-state index contributed by atoms with van der Waals surface area (Å²) in [7, 11) is 7.24. The second-order valence-corrected chi connectivity index (χ2v) is 7.08. The number of rotatable bonds is 5. The zero-order valence-electron chi connectivity index (χ0n) is 16.0. The van der Waals surface area contributed by atoms with Crippen molar-refractivity contribution < 1.29 is 19.1 Å². The van der Waals surface area contributed by atoms with Crippen molar-refractivity contribution in [2.75, 3.05) is 34.9 Å². The van der Waals surface area contributed by atoms with E-state index in [-0.39, 0.29) is 12.2 Å². The third-order valence-corrected chi connectivity index (χ3v) is 5.18. The average molecular weight is 366 g/mol. The third-order valence-electron chi connectivity index (χ3n) is 5.18. The van der Waals surface area contributed by atoms with Crippen molar-refractivity contribution in [2.45, 2.75) is 13.0 Å². The van der Waals surface area contributed by atoms with Gasteiger partial charge < -0.3 is 18.9 Å². The number of carbonyl (C=O) groups excluding carboxylic acids is 2. The van der Waals surface area contributed by atoms with Gasteiger partial charge in [-0.25, -0.2) is 0 Å². The molecule has 0 atom stereocenters. The number of aromatic nitrogens is 1. The van der Waals surface area contributed by atoms with Gasteiger partial charge in [0.2, 0.25) is 11.6 Å². The molecule has 0 amide bonds. The molecular weight excluding hydrogens is 344 g/mol. The lowest BCUT2D eigenvalue weighted by atomic mass is 9.98. The van der Waals surface area contributed by atoms with Crippen LogP contribution in [-0.2, 0) is 11.3 Å². The molecule has 4 rings (SSSR count). The zero-order chi connectivity index (χ0) is 19.3. The highest BCUT2D eigenvalue weighted by molar-refractivity contribution is 6.46. The Morgan fingerprint density at radius 2 is 1.81 bits per heavy atom. The molecule has 0 N–H and O–H groups in total. The van der Waals surface area contributed by atoms with Crippen LogP contribution >= 0.6 is 0 Å². The molecule has 0 spiro atoms. The van der Waals surface area contributed by atoms with Crippen LogP contribution in [0.25, 0.3) is 12.2 Å². The van der Waals surface area contributed by atoms with Gasteiger partial charge in [-0.2, -0.15) is 0 Å². The number of fused-ring (bicyclic) bond motifs is 4. The Labute approximate surface area is 156 Å². The van der Waals surface area contributed by atoms with Crippen LogP contribution < -0.4 is 20.0 Å². The smallest absolute Gasteiger partial charge is 0.231 e.